The molecule has 0 amide bonds. The van der Waals surface area contributed by atoms with Crippen molar-refractivity contribution in [3.8, 4) is 22.9 Å². The standard InChI is InChI=1S/C23H19N3O2/c1-15-5-4-6-17(11-15)22-25-19-8-3-2-7-18(19)23(26-22)24-13-16-9-10-20-21(12-16)28-14-27-20/h2-12H,13-14H2,1H3,(H,24,25,26). The number of fused-ring (bicyclic) bond motifs is 2. The van der Waals surface area contributed by atoms with Gasteiger partial charge in [0.05, 0.1) is 5.52 Å². The third-order valence-electron chi connectivity index (χ3n) is 4.78. The zero-order valence-corrected chi connectivity index (χ0v) is 15.5. The van der Waals surface area contributed by atoms with Crippen molar-refractivity contribution in [1.29, 1.82) is 0 Å². The van der Waals surface area contributed by atoms with E-state index >= 15 is 0 Å². The second-order valence-electron chi connectivity index (χ2n) is 6.82. The number of aromatic nitrogens is 2. The van der Waals surface area contributed by atoms with E-state index in [0.29, 0.717) is 6.54 Å². The topological polar surface area (TPSA) is 56.3 Å². The van der Waals surface area contributed by atoms with Crippen molar-refractivity contribution >= 4 is 16.7 Å². The molecule has 0 bridgehead atoms. The molecule has 2 heterocycles. The number of nitrogens with zero attached hydrogens (tertiary/aromatic N) is 2. The van der Waals surface area contributed by atoms with E-state index in [0.717, 1.165) is 45.2 Å². The van der Waals surface area contributed by atoms with Crippen LogP contribution in [0, 0.1) is 6.92 Å². The smallest absolute Gasteiger partial charge is 0.231 e. The molecule has 28 heavy (non-hydrogen) atoms. The minimum atomic E-state index is 0.280. The summed E-state index contributed by atoms with van der Waals surface area (Å²) in [4.78, 5) is 9.58. The van der Waals surface area contributed by atoms with Crippen LogP contribution in [0.25, 0.3) is 22.3 Å². The van der Waals surface area contributed by atoms with Gasteiger partial charge in [-0.1, -0.05) is 42.0 Å². The fraction of sp³-hybridized carbons (Fsp3) is 0.130. The summed E-state index contributed by atoms with van der Waals surface area (Å²) in [5.74, 6) is 3.11. The molecular formula is C23H19N3O2. The lowest BCUT2D eigenvalue weighted by Gasteiger charge is -2.12. The van der Waals surface area contributed by atoms with Gasteiger partial charge in [0.2, 0.25) is 6.79 Å². The van der Waals surface area contributed by atoms with Gasteiger partial charge in [0.15, 0.2) is 17.3 Å². The second kappa shape index (κ2) is 6.85. The highest BCUT2D eigenvalue weighted by Crippen LogP contribution is 2.33. The number of hydrogen-bond acceptors (Lipinski definition) is 5. The molecule has 1 aliphatic heterocycles. The van der Waals surface area contributed by atoms with Crippen LogP contribution in [0.3, 0.4) is 0 Å². The molecule has 1 aliphatic rings. The first-order chi connectivity index (χ1) is 13.8. The summed E-state index contributed by atoms with van der Waals surface area (Å²) in [5.41, 5.74) is 4.22. The molecule has 138 valence electrons. The maximum absolute atomic E-state index is 5.47. The van der Waals surface area contributed by atoms with E-state index in [9.17, 15) is 0 Å². The Balaban J connectivity index is 1.51. The molecule has 0 saturated heterocycles. The molecule has 0 unspecified atom stereocenters. The lowest BCUT2D eigenvalue weighted by atomic mass is 10.1. The number of benzene rings is 3. The largest absolute Gasteiger partial charge is 0.454 e. The van der Waals surface area contributed by atoms with Crippen LogP contribution in [0.4, 0.5) is 5.82 Å². The summed E-state index contributed by atoms with van der Waals surface area (Å²) in [6.45, 7) is 2.98. The average Bonchev–Trinajstić information content (AvgIpc) is 3.19. The lowest BCUT2D eigenvalue weighted by Crippen LogP contribution is -2.04. The van der Waals surface area contributed by atoms with Crippen molar-refractivity contribution in [2.75, 3.05) is 12.1 Å². The SMILES string of the molecule is Cc1cccc(-c2nc(NCc3ccc4c(c3)OCO4)c3ccccc3n2)c1. The Labute approximate surface area is 163 Å². The maximum Gasteiger partial charge on any atom is 0.231 e. The van der Waals surface area contributed by atoms with Gasteiger partial charge in [0, 0.05) is 17.5 Å². The lowest BCUT2D eigenvalue weighted by molar-refractivity contribution is 0.174. The van der Waals surface area contributed by atoms with Crippen LogP contribution in [0.2, 0.25) is 0 Å². The number of aryl methyl sites for hydroxylation is 1. The van der Waals surface area contributed by atoms with Crippen LogP contribution in [-0.2, 0) is 6.54 Å². The van der Waals surface area contributed by atoms with Crippen molar-refractivity contribution in [3.63, 3.8) is 0 Å². The Morgan fingerprint density at radius 1 is 0.893 bits per heavy atom. The predicted octanol–water partition coefficient (Wildman–Crippen LogP) is 4.95. The Bertz CT molecular complexity index is 1170. The van der Waals surface area contributed by atoms with Gasteiger partial charge in [-0.3, -0.25) is 0 Å². The van der Waals surface area contributed by atoms with Crippen molar-refractivity contribution in [1.82, 2.24) is 9.97 Å². The summed E-state index contributed by atoms with van der Waals surface area (Å²) in [5, 5.41) is 4.47. The van der Waals surface area contributed by atoms with Gasteiger partial charge in [-0.05, 0) is 42.8 Å². The van der Waals surface area contributed by atoms with E-state index in [1.807, 2.05) is 54.6 Å². The maximum atomic E-state index is 5.47. The first-order valence-corrected chi connectivity index (χ1v) is 9.22. The van der Waals surface area contributed by atoms with Crippen molar-refractivity contribution < 1.29 is 9.47 Å². The van der Waals surface area contributed by atoms with Crippen LogP contribution in [0.15, 0.2) is 66.7 Å². The Kier molecular flexibility index (Phi) is 4.05. The number of nitrogens with one attached hydrogen (secondary N) is 1. The van der Waals surface area contributed by atoms with E-state index in [1.165, 1.54) is 5.56 Å². The number of ether oxygens (including phenoxy) is 2. The quantitative estimate of drug-likeness (QED) is 0.552. The third kappa shape index (κ3) is 3.11. The zero-order chi connectivity index (χ0) is 18.9. The minimum absolute atomic E-state index is 0.280. The van der Waals surface area contributed by atoms with Gasteiger partial charge in [-0.15, -0.1) is 0 Å². The Hall–Kier alpha value is -3.60. The van der Waals surface area contributed by atoms with Gasteiger partial charge in [-0.2, -0.15) is 0 Å². The molecule has 1 aromatic heterocycles. The third-order valence-corrected chi connectivity index (χ3v) is 4.78. The van der Waals surface area contributed by atoms with Crippen LogP contribution in [0.1, 0.15) is 11.1 Å². The van der Waals surface area contributed by atoms with E-state index in [1.54, 1.807) is 0 Å². The molecule has 0 fully saturated rings. The average molecular weight is 369 g/mol. The Morgan fingerprint density at radius 2 is 1.79 bits per heavy atom. The van der Waals surface area contributed by atoms with Crippen molar-refractivity contribution in [3.05, 3.63) is 77.9 Å². The molecule has 0 saturated carbocycles. The minimum Gasteiger partial charge on any atom is -0.454 e. The van der Waals surface area contributed by atoms with Crippen LogP contribution in [-0.4, -0.2) is 16.8 Å². The first-order valence-electron chi connectivity index (χ1n) is 9.22. The molecule has 0 spiro atoms. The molecular weight excluding hydrogens is 350 g/mol. The van der Waals surface area contributed by atoms with E-state index < -0.39 is 0 Å². The van der Waals surface area contributed by atoms with Crippen LogP contribution < -0.4 is 14.8 Å². The van der Waals surface area contributed by atoms with Gasteiger partial charge >= 0.3 is 0 Å². The van der Waals surface area contributed by atoms with Crippen molar-refractivity contribution in [2.24, 2.45) is 0 Å². The summed E-state index contributed by atoms with van der Waals surface area (Å²) in [7, 11) is 0. The molecule has 4 aromatic rings. The Morgan fingerprint density at radius 3 is 2.71 bits per heavy atom. The highest BCUT2D eigenvalue weighted by molar-refractivity contribution is 5.90. The van der Waals surface area contributed by atoms with E-state index in [2.05, 4.69) is 24.4 Å². The normalized spacial score (nSPS) is 12.3. The molecule has 0 aliphatic carbocycles. The monoisotopic (exact) mass is 369 g/mol. The molecule has 5 nitrogen and oxygen atoms in total. The number of hydrogen-bond donors (Lipinski definition) is 1. The van der Waals surface area contributed by atoms with Gasteiger partial charge in [-0.25, -0.2) is 9.97 Å². The summed E-state index contributed by atoms with van der Waals surface area (Å²) < 4.78 is 10.9. The highest BCUT2D eigenvalue weighted by atomic mass is 16.7. The number of para-hydroxylation sites is 1. The van der Waals surface area contributed by atoms with Crippen LogP contribution >= 0.6 is 0 Å². The molecule has 0 radical (unpaired) electrons. The van der Waals surface area contributed by atoms with Crippen molar-refractivity contribution in [2.45, 2.75) is 13.5 Å². The number of rotatable bonds is 4. The summed E-state index contributed by atoms with van der Waals surface area (Å²) >= 11 is 0. The highest BCUT2D eigenvalue weighted by Gasteiger charge is 2.14. The zero-order valence-electron chi connectivity index (χ0n) is 15.5. The summed E-state index contributed by atoms with van der Waals surface area (Å²) in [6, 6.07) is 22.3. The van der Waals surface area contributed by atoms with Gasteiger partial charge in [0.25, 0.3) is 0 Å². The summed E-state index contributed by atoms with van der Waals surface area (Å²) in [6.07, 6.45) is 0. The van der Waals surface area contributed by atoms with Crippen LogP contribution in [0.5, 0.6) is 11.5 Å². The van der Waals surface area contributed by atoms with E-state index in [4.69, 9.17) is 19.4 Å². The molecule has 0 atom stereocenters. The first kappa shape index (κ1) is 16.6. The van der Waals surface area contributed by atoms with E-state index in [-0.39, 0.29) is 6.79 Å². The predicted molar refractivity (Wildman–Crippen MR) is 110 cm³/mol. The number of anilines is 1. The molecule has 5 rings (SSSR count). The second-order valence-corrected chi connectivity index (χ2v) is 6.82. The fourth-order valence-electron chi connectivity index (χ4n) is 3.36. The van der Waals surface area contributed by atoms with Gasteiger partial charge in [0.1, 0.15) is 5.82 Å². The molecule has 3 aromatic carbocycles. The molecule has 5 heteroatoms. The fourth-order valence-corrected chi connectivity index (χ4v) is 3.36. The van der Waals surface area contributed by atoms with Gasteiger partial charge < -0.3 is 14.8 Å². The molecule has 1 N–H and O–H groups in total.